The van der Waals surface area contributed by atoms with Gasteiger partial charge in [-0.1, -0.05) is 33.8 Å². The van der Waals surface area contributed by atoms with Crippen LogP contribution in [-0.4, -0.2) is 111 Å². The standard InChI is InChI=1S/C30H40N4O9/c1-11-12-9-10-13(32-28(42)24(34(7)8)29(2,3)4)20(35)15(12)21(36)16-14(11)22(37)18-19(33(5)6)23(38)17(27(31)41)26(40)30(18,43)25(16)39/h9-11,14,18-19,22,24,35-37,40,43H,1-8H3,(H2,31,41)(H,32,42)/t11?,14?,18?,19-,22?,24?,30?/m0/s1. The normalized spacial score (nSPS) is 29.8. The number of nitrogens with two attached hydrogens (primary N) is 1. The van der Waals surface area contributed by atoms with Crippen LogP contribution in [0.2, 0.25) is 0 Å². The molecule has 3 aliphatic carbocycles. The molecule has 0 bridgehead atoms. The lowest BCUT2D eigenvalue weighted by Gasteiger charge is -2.53. The second kappa shape index (κ2) is 10.4. The number of fused-ring (bicyclic) bond motifs is 3. The SMILES string of the molecule is CC1c2ccc(NC(=O)C(N(C)C)C(C)(C)C)c(O)c2C(O)=C2C(=O)C3(O)C(O)=C(C(N)=O)C(=O)[C@@H](N(C)C)C3C(O)C21. The number of hydrogen-bond donors (Lipinski definition) is 7. The monoisotopic (exact) mass is 600 g/mol. The van der Waals surface area contributed by atoms with Gasteiger partial charge in [0.15, 0.2) is 11.4 Å². The molecule has 7 atom stereocenters. The van der Waals surface area contributed by atoms with Gasteiger partial charge in [-0.05, 0) is 51.2 Å². The molecule has 6 unspecified atom stereocenters. The highest BCUT2D eigenvalue weighted by Crippen LogP contribution is 2.56. The molecule has 8 N–H and O–H groups in total. The van der Waals surface area contributed by atoms with E-state index in [9.17, 15) is 44.7 Å². The van der Waals surface area contributed by atoms with E-state index in [1.807, 2.05) is 20.8 Å². The third-order valence-corrected chi connectivity index (χ3v) is 8.97. The van der Waals surface area contributed by atoms with Gasteiger partial charge in [0.1, 0.15) is 22.8 Å². The fourth-order valence-electron chi connectivity index (χ4n) is 7.32. The first-order chi connectivity index (χ1) is 19.7. The highest BCUT2D eigenvalue weighted by molar-refractivity contribution is 6.24. The molecule has 1 aromatic carbocycles. The number of phenols is 1. The maximum absolute atomic E-state index is 14.1. The minimum atomic E-state index is -3.00. The summed E-state index contributed by atoms with van der Waals surface area (Å²) >= 11 is 0. The molecule has 234 valence electrons. The molecule has 0 saturated heterocycles. The summed E-state index contributed by atoms with van der Waals surface area (Å²) < 4.78 is 0. The molecule has 0 aliphatic heterocycles. The number of nitrogens with one attached hydrogen (secondary N) is 1. The number of phenolic OH excluding ortho intramolecular Hbond substituents is 1. The second-order valence-electron chi connectivity index (χ2n) is 13.2. The number of hydrogen-bond acceptors (Lipinski definition) is 11. The van der Waals surface area contributed by atoms with Crippen molar-refractivity contribution in [1.82, 2.24) is 9.80 Å². The van der Waals surface area contributed by atoms with E-state index in [1.165, 1.54) is 25.1 Å². The molecule has 43 heavy (non-hydrogen) atoms. The minimum absolute atomic E-state index is 0.0484. The number of likely N-dealkylation sites (N-methyl/N-ethyl adjacent to an activating group) is 2. The van der Waals surface area contributed by atoms with Crippen molar-refractivity contribution >= 4 is 34.8 Å². The predicted molar refractivity (Wildman–Crippen MR) is 156 cm³/mol. The number of aliphatic hydroxyl groups excluding tert-OH is 3. The largest absolute Gasteiger partial charge is 0.508 e. The molecule has 0 aromatic heterocycles. The Morgan fingerprint density at radius 3 is 2.14 bits per heavy atom. The highest BCUT2D eigenvalue weighted by Gasteiger charge is 2.68. The Hall–Kier alpha value is -3.78. The molecular weight excluding hydrogens is 560 g/mol. The fraction of sp³-hybridized carbons (Fsp3) is 0.533. The van der Waals surface area contributed by atoms with E-state index in [1.54, 1.807) is 32.0 Å². The maximum atomic E-state index is 14.1. The van der Waals surface area contributed by atoms with Crippen molar-refractivity contribution in [2.75, 3.05) is 33.5 Å². The third kappa shape index (κ3) is 4.53. The first-order valence-electron chi connectivity index (χ1n) is 13.9. The van der Waals surface area contributed by atoms with Gasteiger partial charge in [0.25, 0.3) is 5.91 Å². The van der Waals surface area contributed by atoms with Crippen LogP contribution in [0.3, 0.4) is 0 Å². The van der Waals surface area contributed by atoms with Gasteiger partial charge in [0, 0.05) is 11.5 Å². The Kier molecular flexibility index (Phi) is 7.80. The molecule has 0 heterocycles. The fourth-order valence-corrected chi connectivity index (χ4v) is 7.32. The van der Waals surface area contributed by atoms with E-state index in [0.717, 1.165) is 0 Å². The molecule has 13 heteroatoms. The maximum Gasteiger partial charge on any atom is 0.255 e. The van der Waals surface area contributed by atoms with Crippen LogP contribution in [-0.2, 0) is 19.2 Å². The average Bonchev–Trinajstić information content (AvgIpc) is 2.86. The van der Waals surface area contributed by atoms with Crippen LogP contribution in [0.15, 0.2) is 29.0 Å². The lowest BCUT2D eigenvalue weighted by Crippen LogP contribution is -2.70. The van der Waals surface area contributed by atoms with Crippen molar-refractivity contribution in [3.05, 3.63) is 40.2 Å². The summed E-state index contributed by atoms with van der Waals surface area (Å²) in [7, 11) is 6.37. The van der Waals surface area contributed by atoms with E-state index >= 15 is 0 Å². The van der Waals surface area contributed by atoms with Gasteiger partial charge in [-0.3, -0.25) is 29.0 Å². The highest BCUT2D eigenvalue weighted by atomic mass is 16.4. The summed E-state index contributed by atoms with van der Waals surface area (Å²) in [4.78, 5) is 55.9. The number of aromatic hydroxyl groups is 1. The lowest BCUT2D eigenvalue weighted by atomic mass is 9.54. The smallest absolute Gasteiger partial charge is 0.255 e. The van der Waals surface area contributed by atoms with Crippen LogP contribution in [0.25, 0.3) is 5.76 Å². The van der Waals surface area contributed by atoms with E-state index in [4.69, 9.17) is 5.73 Å². The number of aliphatic hydroxyl groups is 4. The zero-order valence-electron chi connectivity index (χ0n) is 25.5. The predicted octanol–water partition coefficient (Wildman–Crippen LogP) is 0.411. The van der Waals surface area contributed by atoms with Gasteiger partial charge >= 0.3 is 0 Å². The Labute approximate surface area is 249 Å². The summed E-state index contributed by atoms with van der Waals surface area (Å²) in [6, 6.07) is 0.954. The van der Waals surface area contributed by atoms with E-state index < -0.39 is 98.8 Å². The van der Waals surface area contributed by atoms with Gasteiger partial charge < -0.3 is 36.6 Å². The molecular formula is C30H40N4O9. The topological polar surface area (TPSA) is 214 Å². The number of amides is 2. The van der Waals surface area contributed by atoms with Crippen LogP contribution < -0.4 is 11.1 Å². The van der Waals surface area contributed by atoms with Crippen molar-refractivity contribution in [2.45, 2.75) is 57.4 Å². The molecule has 1 aromatic rings. The number of benzene rings is 1. The molecule has 13 nitrogen and oxygen atoms in total. The summed E-state index contributed by atoms with van der Waals surface area (Å²) in [5.74, 6) is -10.3. The number of rotatable bonds is 5. The number of Topliss-reactive ketones (excluding diaryl/α,β-unsaturated/α-hetero) is 2. The number of ketones is 2. The number of carbonyl (C=O) groups is 4. The van der Waals surface area contributed by atoms with Gasteiger partial charge in [-0.2, -0.15) is 0 Å². The zero-order valence-corrected chi connectivity index (χ0v) is 25.5. The molecule has 1 fully saturated rings. The Balaban J connectivity index is 1.92. The van der Waals surface area contributed by atoms with Crippen LogP contribution in [0.4, 0.5) is 5.69 Å². The van der Waals surface area contributed by atoms with Crippen molar-refractivity contribution in [2.24, 2.45) is 23.0 Å². The van der Waals surface area contributed by atoms with E-state index in [-0.39, 0.29) is 11.3 Å². The Morgan fingerprint density at radius 2 is 1.65 bits per heavy atom. The van der Waals surface area contributed by atoms with Crippen LogP contribution in [0, 0.1) is 17.3 Å². The molecule has 3 aliphatic rings. The van der Waals surface area contributed by atoms with Crippen molar-refractivity contribution in [3.63, 3.8) is 0 Å². The number of primary amides is 1. The van der Waals surface area contributed by atoms with Crippen molar-refractivity contribution in [3.8, 4) is 5.75 Å². The van der Waals surface area contributed by atoms with Gasteiger partial charge in [0.2, 0.25) is 11.7 Å². The Bertz CT molecular complexity index is 1490. The van der Waals surface area contributed by atoms with Crippen molar-refractivity contribution in [1.29, 1.82) is 0 Å². The quantitative estimate of drug-likeness (QED) is 0.182. The average molecular weight is 601 g/mol. The lowest BCUT2D eigenvalue weighted by molar-refractivity contribution is -0.169. The van der Waals surface area contributed by atoms with E-state index in [2.05, 4.69) is 5.32 Å². The molecule has 2 amide bonds. The van der Waals surface area contributed by atoms with Crippen LogP contribution >= 0.6 is 0 Å². The van der Waals surface area contributed by atoms with Gasteiger partial charge in [-0.15, -0.1) is 0 Å². The molecule has 1 saturated carbocycles. The summed E-state index contributed by atoms with van der Waals surface area (Å²) in [5.41, 5.74) is 0.453. The molecule has 0 radical (unpaired) electrons. The summed E-state index contributed by atoms with van der Waals surface area (Å²) in [6.07, 6.45) is -1.69. The molecule has 4 rings (SSSR count). The summed E-state index contributed by atoms with van der Waals surface area (Å²) in [5, 5.41) is 60.0. The summed E-state index contributed by atoms with van der Waals surface area (Å²) in [6.45, 7) is 7.28. The number of anilines is 1. The van der Waals surface area contributed by atoms with Crippen molar-refractivity contribution < 1.29 is 44.7 Å². The minimum Gasteiger partial charge on any atom is -0.508 e. The van der Waals surface area contributed by atoms with Gasteiger partial charge in [0.05, 0.1) is 35.4 Å². The third-order valence-electron chi connectivity index (χ3n) is 8.97. The van der Waals surface area contributed by atoms with Crippen LogP contribution in [0.5, 0.6) is 5.75 Å². The first-order valence-corrected chi connectivity index (χ1v) is 13.9. The Morgan fingerprint density at radius 1 is 1.07 bits per heavy atom. The second-order valence-corrected chi connectivity index (χ2v) is 13.2. The van der Waals surface area contributed by atoms with E-state index in [0.29, 0.717) is 5.56 Å². The van der Waals surface area contributed by atoms with Gasteiger partial charge in [-0.25, -0.2) is 0 Å². The number of carbonyl (C=O) groups excluding carboxylic acids is 4. The first kappa shape index (κ1) is 32.1. The molecule has 0 spiro atoms. The zero-order chi connectivity index (χ0) is 32.7. The van der Waals surface area contributed by atoms with Crippen LogP contribution in [0.1, 0.15) is 44.7 Å². The number of nitrogens with zero attached hydrogens (tertiary/aromatic N) is 2.